The summed E-state index contributed by atoms with van der Waals surface area (Å²) in [6.45, 7) is 6.91. The van der Waals surface area contributed by atoms with Crippen LogP contribution < -0.4 is 0 Å². The Labute approximate surface area is 121 Å². The fourth-order valence-electron chi connectivity index (χ4n) is 5.47. The third-order valence-electron chi connectivity index (χ3n) is 6.58. The highest BCUT2D eigenvalue weighted by Crippen LogP contribution is 2.53. The molecule has 1 aliphatic heterocycles. The summed E-state index contributed by atoms with van der Waals surface area (Å²) in [5, 5.41) is 0. The Morgan fingerprint density at radius 2 is 1.85 bits per heavy atom. The minimum absolute atomic E-state index is 0.828. The van der Waals surface area contributed by atoms with Crippen LogP contribution in [0.15, 0.2) is 12.6 Å². The molecule has 1 aromatic rings. The van der Waals surface area contributed by atoms with Crippen LogP contribution in [0.25, 0.3) is 5.70 Å². The number of nitrogens with zero attached hydrogens (tertiary/aromatic N) is 1. The quantitative estimate of drug-likeness (QED) is 0.856. The van der Waals surface area contributed by atoms with E-state index < -0.39 is 0 Å². The molecule has 0 amide bonds. The average molecular weight is 268 g/mol. The van der Waals surface area contributed by atoms with E-state index in [2.05, 4.69) is 22.5 Å². The van der Waals surface area contributed by atoms with Crippen molar-refractivity contribution in [3.05, 3.63) is 29.6 Å². The topological polar surface area (TPSA) is 19.0 Å². The third-order valence-corrected chi connectivity index (χ3v) is 6.58. The maximum Gasteiger partial charge on any atom is 0.0617 e. The predicted molar refractivity (Wildman–Crippen MR) is 81.6 cm³/mol. The molecule has 2 heteroatoms. The van der Waals surface area contributed by atoms with E-state index >= 15 is 0 Å². The van der Waals surface area contributed by atoms with Crippen LogP contribution in [-0.2, 0) is 0 Å². The van der Waals surface area contributed by atoms with Gasteiger partial charge in [-0.3, -0.25) is 0 Å². The molecule has 5 rings (SSSR count). The van der Waals surface area contributed by atoms with Crippen LogP contribution in [-0.4, -0.2) is 23.0 Å². The summed E-state index contributed by atoms with van der Waals surface area (Å²) in [6.07, 6.45) is 8.56. The molecule has 2 heterocycles. The van der Waals surface area contributed by atoms with Crippen molar-refractivity contribution in [2.75, 3.05) is 13.1 Å². The van der Waals surface area contributed by atoms with Crippen molar-refractivity contribution in [1.82, 2.24) is 9.88 Å². The lowest BCUT2D eigenvalue weighted by molar-refractivity contribution is 0.442. The molecule has 2 bridgehead atoms. The Hall–Kier alpha value is -1.18. The number of H-pyrrole nitrogens is 1. The Kier molecular flexibility index (Phi) is 2.25. The minimum atomic E-state index is 0.828. The molecule has 106 valence electrons. The van der Waals surface area contributed by atoms with E-state index in [-0.39, 0.29) is 0 Å². The molecule has 3 fully saturated rings. The predicted octanol–water partition coefficient (Wildman–Crippen LogP) is 4.08. The number of hydrogen-bond donors (Lipinski definition) is 1. The number of aromatic amines is 1. The lowest BCUT2D eigenvalue weighted by Crippen LogP contribution is -2.19. The summed E-state index contributed by atoms with van der Waals surface area (Å²) >= 11 is 0. The summed E-state index contributed by atoms with van der Waals surface area (Å²) in [5.74, 6) is 3.58. The van der Waals surface area contributed by atoms with Gasteiger partial charge >= 0.3 is 0 Å². The zero-order valence-corrected chi connectivity index (χ0v) is 12.2. The average Bonchev–Trinajstić information content (AvgIpc) is 3.19. The maximum absolute atomic E-state index is 4.41. The molecule has 4 aliphatic rings. The zero-order valence-electron chi connectivity index (χ0n) is 12.2. The van der Waals surface area contributed by atoms with Crippen molar-refractivity contribution in [2.24, 2.45) is 11.8 Å². The maximum atomic E-state index is 4.41. The molecule has 3 aliphatic carbocycles. The molecule has 2 saturated carbocycles. The van der Waals surface area contributed by atoms with Gasteiger partial charge in [0.1, 0.15) is 0 Å². The number of nitrogens with one attached hydrogen (secondary N) is 1. The number of likely N-dealkylation sites (tertiary alicyclic amines) is 1. The fourth-order valence-corrected chi connectivity index (χ4v) is 5.47. The smallest absolute Gasteiger partial charge is 0.0617 e. The lowest BCUT2D eigenvalue weighted by Gasteiger charge is -2.21. The second-order valence-electron chi connectivity index (χ2n) is 7.56. The Bertz CT molecular complexity index is 530. The second-order valence-corrected chi connectivity index (χ2v) is 7.56. The van der Waals surface area contributed by atoms with E-state index in [0.29, 0.717) is 0 Å². The standard InChI is InChI=1S/C18H24N2/c1-11(20-9-14-3-2-4-15(14)10-20)17-8-16-12-5-6-13(7-12)18(16)19-17/h8,12-15,19H,1-7,9-10H2. The van der Waals surface area contributed by atoms with Gasteiger partial charge in [-0.25, -0.2) is 0 Å². The number of aromatic nitrogens is 1. The van der Waals surface area contributed by atoms with Gasteiger partial charge in [0.2, 0.25) is 0 Å². The van der Waals surface area contributed by atoms with Gasteiger partial charge in [0, 0.05) is 18.8 Å². The molecule has 20 heavy (non-hydrogen) atoms. The van der Waals surface area contributed by atoms with Crippen LogP contribution in [0.3, 0.4) is 0 Å². The van der Waals surface area contributed by atoms with Gasteiger partial charge in [-0.2, -0.15) is 0 Å². The van der Waals surface area contributed by atoms with Crippen molar-refractivity contribution < 1.29 is 0 Å². The van der Waals surface area contributed by atoms with Gasteiger partial charge in [-0.1, -0.05) is 13.0 Å². The van der Waals surface area contributed by atoms with E-state index in [1.807, 2.05) is 0 Å². The van der Waals surface area contributed by atoms with Gasteiger partial charge < -0.3 is 9.88 Å². The highest BCUT2D eigenvalue weighted by atomic mass is 15.2. The zero-order chi connectivity index (χ0) is 13.3. The first-order valence-electron chi connectivity index (χ1n) is 8.46. The van der Waals surface area contributed by atoms with Gasteiger partial charge in [-0.05, 0) is 67.4 Å². The van der Waals surface area contributed by atoms with Gasteiger partial charge in [0.15, 0.2) is 0 Å². The first kappa shape index (κ1) is 11.5. The third kappa shape index (κ3) is 1.45. The summed E-state index contributed by atoms with van der Waals surface area (Å²) in [5.41, 5.74) is 5.74. The Morgan fingerprint density at radius 3 is 2.60 bits per heavy atom. The van der Waals surface area contributed by atoms with Crippen LogP contribution in [0.5, 0.6) is 0 Å². The van der Waals surface area contributed by atoms with Crippen LogP contribution in [0.4, 0.5) is 0 Å². The van der Waals surface area contributed by atoms with Gasteiger partial charge in [0.05, 0.1) is 11.4 Å². The SMILES string of the molecule is C=C(c1cc2c([nH]1)C1CCC2C1)N1CC2CCCC2C1. The number of hydrogen-bond acceptors (Lipinski definition) is 1. The first-order chi connectivity index (χ1) is 9.79. The molecule has 4 unspecified atom stereocenters. The Balaban J connectivity index is 1.40. The normalized spacial score (nSPS) is 37.5. The molecule has 0 aromatic carbocycles. The van der Waals surface area contributed by atoms with Gasteiger partial charge in [0.25, 0.3) is 0 Å². The molecule has 4 atom stereocenters. The number of fused-ring (bicyclic) bond motifs is 6. The van der Waals surface area contributed by atoms with Crippen LogP contribution in [0.2, 0.25) is 0 Å². The monoisotopic (exact) mass is 268 g/mol. The molecule has 0 spiro atoms. The largest absolute Gasteiger partial charge is 0.370 e. The first-order valence-corrected chi connectivity index (χ1v) is 8.46. The van der Waals surface area contributed by atoms with Crippen molar-refractivity contribution in [2.45, 2.75) is 50.4 Å². The molecule has 1 N–H and O–H groups in total. The van der Waals surface area contributed by atoms with Gasteiger partial charge in [-0.15, -0.1) is 0 Å². The highest BCUT2D eigenvalue weighted by Gasteiger charge is 2.40. The summed E-state index contributed by atoms with van der Waals surface area (Å²) in [4.78, 5) is 6.28. The van der Waals surface area contributed by atoms with E-state index in [1.165, 1.54) is 63.0 Å². The van der Waals surface area contributed by atoms with E-state index in [1.54, 1.807) is 11.3 Å². The van der Waals surface area contributed by atoms with Crippen LogP contribution in [0.1, 0.15) is 67.3 Å². The van der Waals surface area contributed by atoms with Crippen molar-refractivity contribution >= 4 is 5.70 Å². The van der Waals surface area contributed by atoms with E-state index in [4.69, 9.17) is 0 Å². The lowest BCUT2D eigenvalue weighted by atomic mass is 9.98. The van der Waals surface area contributed by atoms with Crippen LogP contribution in [0, 0.1) is 11.8 Å². The minimum Gasteiger partial charge on any atom is -0.370 e. The summed E-state index contributed by atoms with van der Waals surface area (Å²) < 4.78 is 0. The van der Waals surface area contributed by atoms with Crippen LogP contribution >= 0.6 is 0 Å². The number of rotatable bonds is 2. The summed E-state index contributed by atoms with van der Waals surface area (Å²) in [7, 11) is 0. The van der Waals surface area contributed by atoms with Crippen molar-refractivity contribution in [3.8, 4) is 0 Å². The molecular weight excluding hydrogens is 244 g/mol. The second kappa shape index (κ2) is 3.93. The van der Waals surface area contributed by atoms with Crippen molar-refractivity contribution in [1.29, 1.82) is 0 Å². The Morgan fingerprint density at radius 1 is 1.10 bits per heavy atom. The summed E-state index contributed by atoms with van der Waals surface area (Å²) in [6, 6.07) is 2.43. The fraction of sp³-hybridized carbons (Fsp3) is 0.667. The van der Waals surface area contributed by atoms with Crippen molar-refractivity contribution in [3.63, 3.8) is 0 Å². The molecule has 1 aromatic heterocycles. The highest BCUT2D eigenvalue weighted by molar-refractivity contribution is 5.62. The molecule has 0 radical (unpaired) electrons. The van der Waals surface area contributed by atoms with E-state index in [0.717, 1.165) is 23.7 Å². The molecule has 1 saturated heterocycles. The molecular formula is C18H24N2. The van der Waals surface area contributed by atoms with E-state index in [9.17, 15) is 0 Å². The molecule has 2 nitrogen and oxygen atoms in total.